The summed E-state index contributed by atoms with van der Waals surface area (Å²) in [7, 11) is 0. The van der Waals surface area contributed by atoms with Gasteiger partial charge in [0.25, 0.3) is 5.91 Å². The van der Waals surface area contributed by atoms with Crippen molar-refractivity contribution in [1.82, 2.24) is 4.90 Å². The fraction of sp³-hybridized carbons (Fsp3) is 0.429. The first-order valence-electron chi connectivity index (χ1n) is 6.28. The van der Waals surface area contributed by atoms with Gasteiger partial charge in [0.1, 0.15) is 6.04 Å². The van der Waals surface area contributed by atoms with Crippen molar-refractivity contribution in [3.8, 4) is 0 Å². The average Bonchev–Trinajstić information content (AvgIpc) is 2.80. The summed E-state index contributed by atoms with van der Waals surface area (Å²) in [6.45, 7) is 2.18. The Labute approximate surface area is 111 Å². The van der Waals surface area contributed by atoms with Crippen LogP contribution in [0.25, 0.3) is 0 Å². The summed E-state index contributed by atoms with van der Waals surface area (Å²) in [5.74, 6) is -1.65. The van der Waals surface area contributed by atoms with Gasteiger partial charge in [0.2, 0.25) is 0 Å². The largest absolute Gasteiger partial charge is 0.480 e. The summed E-state index contributed by atoms with van der Waals surface area (Å²) in [6.07, 6.45) is -0.655. The number of carbonyl (C=O) groups is 2. The molecular formula is C14H17NO4. The average molecular weight is 263 g/mol. The molecule has 1 fully saturated rings. The second-order valence-corrected chi connectivity index (χ2v) is 4.89. The van der Waals surface area contributed by atoms with Gasteiger partial charge in [-0.1, -0.05) is 37.3 Å². The number of rotatable bonds is 3. The lowest BCUT2D eigenvalue weighted by molar-refractivity contribution is -0.153. The van der Waals surface area contributed by atoms with E-state index in [0.717, 1.165) is 0 Å². The van der Waals surface area contributed by atoms with Crippen molar-refractivity contribution in [3.05, 3.63) is 35.9 Å². The Hall–Kier alpha value is -1.88. The van der Waals surface area contributed by atoms with Crippen LogP contribution >= 0.6 is 0 Å². The van der Waals surface area contributed by atoms with Gasteiger partial charge in [-0.15, -0.1) is 0 Å². The minimum Gasteiger partial charge on any atom is -0.480 e. The molecule has 0 saturated carbocycles. The minimum atomic E-state index is -1.30. The smallest absolute Gasteiger partial charge is 0.326 e. The lowest BCUT2D eigenvalue weighted by atomic mass is 10.0. The molecule has 3 unspecified atom stereocenters. The maximum Gasteiger partial charge on any atom is 0.326 e. The van der Waals surface area contributed by atoms with Gasteiger partial charge in [-0.3, -0.25) is 4.79 Å². The Balaban J connectivity index is 2.18. The number of likely N-dealkylation sites (tertiary alicyclic amines) is 1. The molecule has 1 amide bonds. The monoisotopic (exact) mass is 263 g/mol. The molecule has 0 aliphatic carbocycles. The maximum atomic E-state index is 12.2. The minimum absolute atomic E-state index is 0.0931. The molecule has 1 saturated heterocycles. The topological polar surface area (TPSA) is 77.8 Å². The summed E-state index contributed by atoms with van der Waals surface area (Å²) < 4.78 is 0. The Kier molecular flexibility index (Phi) is 3.85. The molecule has 102 valence electrons. The SMILES string of the molecule is CC1CCN(C(=O)C(O)c2ccccc2)C1C(=O)O. The van der Waals surface area contributed by atoms with Gasteiger partial charge < -0.3 is 15.1 Å². The number of hydrogen-bond donors (Lipinski definition) is 2. The lowest BCUT2D eigenvalue weighted by Crippen LogP contribution is -2.44. The van der Waals surface area contributed by atoms with Crippen molar-refractivity contribution in [2.75, 3.05) is 6.54 Å². The maximum absolute atomic E-state index is 12.2. The summed E-state index contributed by atoms with van der Waals surface area (Å²) >= 11 is 0. The number of nitrogens with zero attached hydrogens (tertiary/aromatic N) is 1. The Morgan fingerprint density at radius 1 is 1.32 bits per heavy atom. The zero-order valence-corrected chi connectivity index (χ0v) is 10.7. The Morgan fingerprint density at radius 3 is 2.53 bits per heavy atom. The van der Waals surface area contributed by atoms with Gasteiger partial charge >= 0.3 is 5.97 Å². The fourth-order valence-corrected chi connectivity index (χ4v) is 2.51. The van der Waals surface area contributed by atoms with Crippen molar-refractivity contribution in [3.63, 3.8) is 0 Å². The first-order valence-corrected chi connectivity index (χ1v) is 6.28. The van der Waals surface area contributed by atoms with Crippen LogP contribution in [0.2, 0.25) is 0 Å². The molecular weight excluding hydrogens is 246 g/mol. The predicted octanol–water partition coefficient (Wildman–Crippen LogP) is 1.04. The van der Waals surface area contributed by atoms with E-state index in [1.54, 1.807) is 37.3 Å². The van der Waals surface area contributed by atoms with Crippen molar-refractivity contribution < 1.29 is 19.8 Å². The van der Waals surface area contributed by atoms with Crippen LogP contribution in [0.4, 0.5) is 0 Å². The third kappa shape index (κ3) is 2.61. The van der Waals surface area contributed by atoms with Crippen LogP contribution in [-0.4, -0.2) is 39.6 Å². The van der Waals surface area contributed by atoms with E-state index in [-0.39, 0.29) is 5.92 Å². The number of aliphatic hydroxyl groups excluding tert-OH is 1. The molecule has 5 heteroatoms. The third-order valence-corrected chi connectivity index (χ3v) is 3.59. The number of carboxylic acid groups (broad SMARTS) is 1. The standard InChI is InChI=1S/C14H17NO4/c1-9-7-8-15(11(9)14(18)19)13(17)12(16)10-5-3-2-4-6-10/h2-6,9,11-12,16H,7-8H2,1H3,(H,18,19). The van der Waals surface area contributed by atoms with E-state index in [1.807, 2.05) is 0 Å². The molecule has 3 atom stereocenters. The number of aliphatic carboxylic acids is 1. The Morgan fingerprint density at radius 2 is 1.95 bits per heavy atom. The van der Waals surface area contributed by atoms with Gasteiger partial charge in [-0.05, 0) is 17.9 Å². The highest BCUT2D eigenvalue weighted by atomic mass is 16.4. The number of carboxylic acids is 1. The summed E-state index contributed by atoms with van der Waals surface area (Å²) in [6, 6.07) is 7.71. The number of amides is 1. The van der Waals surface area contributed by atoms with Crippen molar-refractivity contribution in [1.29, 1.82) is 0 Å². The van der Waals surface area contributed by atoms with Crippen LogP contribution in [0.5, 0.6) is 0 Å². The number of hydrogen-bond acceptors (Lipinski definition) is 3. The van der Waals surface area contributed by atoms with Gasteiger partial charge in [-0.25, -0.2) is 4.79 Å². The normalized spacial score (nSPS) is 24.2. The molecule has 0 bridgehead atoms. The van der Waals surface area contributed by atoms with E-state index in [2.05, 4.69) is 0 Å². The highest BCUT2D eigenvalue weighted by molar-refractivity contribution is 5.87. The van der Waals surface area contributed by atoms with E-state index in [0.29, 0.717) is 18.5 Å². The molecule has 0 spiro atoms. The molecule has 2 rings (SSSR count). The molecule has 1 aliphatic rings. The predicted molar refractivity (Wildman–Crippen MR) is 68.3 cm³/mol. The molecule has 1 aromatic rings. The molecule has 1 aromatic carbocycles. The number of carbonyl (C=O) groups excluding carboxylic acids is 1. The first kappa shape index (κ1) is 13.5. The van der Waals surface area contributed by atoms with Gasteiger partial charge in [-0.2, -0.15) is 0 Å². The van der Waals surface area contributed by atoms with Crippen LogP contribution in [0.1, 0.15) is 25.0 Å². The second kappa shape index (κ2) is 5.40. The molecule has 1 heterocycles. The van der Waals surface area contributed by atoms with Crippen molar-refractivity contribution in [2.24, 2.45) is 5.92 Å². The first-order chi connectivity index (χ1) is 9.02. The molecule has 19 heavy (non-hydrogen) atoms. The fourth-order valence-electron chi connectivity index (χ4n) is 2.51. The molecule has 0 radical (unpaired) electrons. The van der Waals surface area contributed by atoms with Gasteiger partial charge in [0.15, 0.2) is 6.10 Å². The van der Waals surface area contributed by atoms with Crippen LogP contribution in [0.3, 0.4) is 0 Å². The molecule has 1 aliphatic heterocycles. The van der Waals surface area contributed by atoms with Crippen molar-refractivity contribution in [2.45, 2.75) is 25.5 Å². The zero-order valence-electron chi connectivity index (χ0n) is 10.7. The van der Waals surface area contributed by atoms with Crippen molar-refractivity contribution >= 4 is 11.9 Å². The van der Waals surface area contributed by atoms with E-state index in [1.165, 1.54) is 4.90 Å². The third-order valence-electron chi connectivity index (χ3n) is 3.59. The number of benzene rings is 1. The molecule has 5 nitrogen and oxygen atoms in total. The van der Waals surface area contributed by atoms with Gasteiger partial charge in [0.05, 0.1) is 0 Å². The Bertz CT molecular complexity index is 474. The van der Waals surface area contributed by atoms with Crippen LogP contribution in [0.15, 0.2) is 30.3 Å². The highest BCUT2D eigenvalue weighted by Crippen LogP contribution is 2.27. The van der Waals surface area contributed by atoms with Crippen LogP contribution in [-0.2, 0) is 9.59 Å². The summed E-state index contributed by atoms with van der Waals surface area (Å²) in [4.78, 5) is 24.7. The zero-order chi connectivity index (χ0) is 14.0. The summed E-state index contributed by atoms with van der Waals surface area (Å²) in [5, 5.41) is 19.2. The van der Waals surface area contributed by atoms with Crippen LogP contribution in [0, 0.1) is 5.92 Å². The van der Waals surface area contributed by atoms with Crippen LogP contribution < -0.4 is 0 Å². The summed E-state index contributed by atoms with van der Waals surface area (Å²) in [5.41, 5.74) is 0.483. The second-order valence-electron chi connectivity index (χ2n) is 4.89. The number of aliphatic hydroxyl groups is 1. The quantitative estimate of drug-likeness (QED) is 0.854. The van der Waals surface area contributed by atoms with E-state index in [4.69, 9.17) is 0 Å². The van der Waals surface area contributed by atoms with E-state index < -0.39 is 24.0 Å². The van der Waals surface area contributed by atoms with Gasteiger partial charge in [0, 0.05) is 6.54 Å². The van der Waals surface area contributed by atoms with E-state index in [9.17, 15) is 19.8 Å². The highest BCUT2D eigenvalue weighted by Gasteiger charge is 2.41. The molecule has 0 aromatic heterocycles. The molecule has 2 N–H and O–H groups in total. The van der Waals surface area contributed by atoms with E-state index >= 15 is 0 Å². The lowest BCUT2D eigenvalue weighted by Gasteiger charge is -2.25.